The van der Waals surface area contributed by atoms with Gasteiger partial charge in [0.1, 0.15) is 11.5 Å². The van der Waals surface area contributed by atoms with E-state index in [9.17, 15) is 4.79 Å². The summed E-state index contributed by atoms with van der Waals surface area (Å²) < 4.78 is 11.4. The van der Waals surface area contributed by atoms with Crippen molar-refractivity contribution < 1.29 is 14.1 Å². The van der Waals surface area contributed by atoms with Gasteiger partial charge < -0.3 is 19.9 Å². The van der Waals surface area contributed by atoms with Crippen molar-refractivity contribution in [2.24, 2.45) is 0 Å². The Hall–Kier alpha value is -4.47. The SMILES string of the molecule is CNc1nccc(-c2cccnc2Oc2ccc(NC(=O)Nc3cc(C(C)(C)C)on3)cc2C)n1. The van der Waals surface area contributed by atoms with Gasteiger partial charge in [0.05, 0.1) is 11.3 Å². The van der Waals surface area contributed by atoms with Gasteiger partial charge in [-0.05, 0) is 48.9 Å². The van der Waals surface area contributed by atoms with Crippen LogP contribution in [0.15, 0.2) is 59.4 Å². The number of ether oxygens (including phenoxy) is 1. The van der Waals surface area contributed by atoms with Crippen molar-refractivity contribution in [3.8, 4) is 22.9 Å². The summed E-state index contributed by atoms with van der Waals surface area (Å²) in [6, 6.07) is 12.1. The summed E-state index contributed by atoms with van der Waals surface area (Å²) in [5, 5.41) is 12.3. The van der Waals surface area contributed by atoms with E-state index in [1.54, 1.807) is 43.7 Å². The van der Waals surface area contributed by atoms with Crippen LogP contribution >= 0.6 is 0 Å². The van der Waals surface area contributed by atoms with Crippen LogP contribution in [-0.4, -0.2) is 33.2 Å². The molecular formula is C25H27N7O3. The Labute approximate surface area is 203 Å². The lowest BCUT2D eigenvalue weighted by Gasteiger charge is -2.13. The molecule has 0 aliphatic heterocycles. The maximum absolute atomic E-state index is 12.4. The van der Waals surface area contributed by atoms with Crippen LogP contribution in [0.2, 0.25) is 0 Å². The summed E-state index contributed by atoms with van der Waals surface area (Å²) in [4.78, 5) is 25.4. The van der Waals surface area contributed by atoms with E-state index in [2.05, 4.69) is 36.1 Å². The van der Waals surface area contributed by atoms with Gasteiger partial charge in [-0.3, -0.25) is 5.32 Å². The Morgan fingerprint density at radius 1 is 1.03 bits per heavy atom. The molecule has 0 unspecified atom stereocenters. The second-order valence-electron chi connectivity index (χ2n) is 8.86. The van der Waals surface area contributed by atoms with Gasteiger partial charge >= 0.3 is 6.03 Å². The molecule has 0 saturated carbocycles. The van der Waals surface area contributed by atoms with Crippen LogP contribution in [0.25, 0.3) is 11.3 Å². The molecule has 2 amide bonds. The largest absolute Gasteiger partial charge is 0.438 e. The lowest BCUT2D eigenvalue weighted by molar-refractivity contribution is 0.262. The number of nitrogens with one attached hydrogen (secondary N) is 3. The van der Waals surface area contributed by atoms with Crippen molar-refractivity contribution in [1.29, 1.82) is 0 Å². The van der Waals surface area contributed by atoms with Crippen LogP contribution in [0.3, 0.4) is 0 Å². The highest BCUT2D eigenvalue weighted by Gasteiger charge is 2.20. The maximum atomic E-state index is 12.4. The van der Waals surface area contributed by atoms with Gasteiger partial charge in [0.2, 0.25) is 11.8 Å². The van der Waals surface area contributed by atoms with Crippen LogP contribution < -0.4 is 20.7 Å². The van der Waals surface area contributed by atoms with Crippen molar-refractivity contribution in [1.82, 2.24) is 20.1 Å². The first-order valence-corrected chi connectivity index (χ1v) is 11.0. The minimum Gasteiger partial charge on any atom is -0.438 e. The Morgan fingerprint density at radius 2 is 1.86 bits per heavy atom. The minimum absolute atomic E-state index is 0.202. The predicted octanol–water partition coefficient (Wildman–Crippen LogP) is 5.61. The first-order valence-electron chi connectivity index (χ1n) is 11.0. The van der Waals surface area contributed by atoms with Crippen molar-refractivity contribution in [2.75, 3.05) is 23.0 Å². The molecule has 3 aromatic heterocycles. The average Bonchev–Trinajstić information content (AvgIpc) is 3.30. The summed E-state index contributed by atoms with van der Waals surface area (Å²) in [6.07, 6.45) is 3.33. The number of hydrogen-bond acceptors (Lipinski definition) is 8. The van der Waals surface area contributed by atoms with E-state index < -0.39 is 6.03 Å². The third-order valence-corrected chi connectivity index (χ3v) is 5.06. The molecule has 1 aromatic carbocycles. The highest BCUT2D eigenvalue weighted by atomic mass is 16.5. The van der Waals surface area contributed by atoms with E-state index in [-0.39, 0.29) is 5.41 Å². The number of carbonyl (C=O) groups excluding carboxylic acids is 1. The quantitative estimate of drug-likeness (QED) is 0.330. The van der Waals surface area contributed by atoms with Crippen LogP contribution in [-0.2, 0) is 5.41 Å². The standard InChI is InChI=1S/C25H27N7O3/c1-15-13-16(29-24(33)31-21-14-20(35-32-21)25(2,3)4)8-9-19(15)34-22-17(7-6-11-27-22)18-10-12-28-23(26-5)30-18/h6-14H,1-5H3,(H,26,28,30)(H2,29,31,32,33). The molecule has 0 aliphatic carbocycles. The van der Waals surface area contributed by atoms with E-state index in [0.717, 1.165) is 11.1 Å². The van der Waals surface area contributed by atoms with Crippen LogP contribution in [0.5, 0.6) is 11.6 Å². The smallest absolute Gasteiger partial charge is 0.324 e. The number of aryl methyl sites for hydroxylation is 1. The second-order valence-corrected chi connectivity index (χ2v) is 8.86. The normalized spacial score (nSPS) is 11.1. The molecule has 0 radical (unpaired) electrons. The molecule has 4 rings (SSSR count). The van der Waals surface area contributed by atoms with E-state index in [1.165, 1.54) is 0 Å². The number of anilines is 3. The monoisotopic (exact) mass is 473 g/mol. The lowest BCUT2D eigenvalue weighted by atomic mass is 9.93. The molecule has 180 valence electrons. The third kappa shape index (κ3) is 5.72. The number of aromatic nitrogens is 4. The summed E-state index contributed by atoms with van der Waals surface area (Å²) in [7, 11) is 1.76. The van der Waals surface area contributed by atoms with Gasteiger partial charge in [0, 0.05) is 36.6 Å². The molecular weight excluding hydrogens is 446 g/mol. The molecule has 3 heterocycles. The second kappa shape index (κ2) is 9.80. The molecule has 0 saturated heterocycles. The van der Waals surface area contributed by atoms with Crippen molar-refractivity contribution in [3.63, 3.8) is 0 Å². The van der Waals surface area contributed by atoms with E-state index in [0.29, 0.717) is 40.5 Å². The number of carbonyl (C=O) groups is 1. The molecule has 10 heteroatoms. The van der Waals surface area contributed by atoms with E-state index in [4.69, 9.17) is 9.26 Å². The fourth-order valence-corrected chi connectivity index (χ4v) is 3.21. The third-order valence-electron chi connectivity index (χ3n) is 5.06. The molecule has 0 fully saturated rings. The first kappa shape index (κ1) is 23.7. The average molecular weight is 474 g/mol. The van der Waals surface area contributed by atoms with Crippen molar-refractivity contribution in [3.05, 3.63) is 66.2 Å². The molecule has 0 spiro atoms. The molecule has 3 N–H and O–H groups in total. The number of hydrogen-bond donors (Lipinski definition) is 3. The number of nitrogens with zero attached hydrogens (tertiary/aromatic N) is 4. The van der Waals surface area contributed by atoms with Gasteiger partial charge in [-0.25, -0.2) is 19.7 Å². The predicted molar refractivity (Wildman–Crippen MR) is 134 cm³/mol. The number of rotatable bonds is 6. The van der Waals surface area contributed by atoms with Gasteiger partial charge in [-0.2, -0.15) is 0 Å². The summed E-state index contributed by atoms with van der Waals surface area (Å²) in [5.41, 5.74) is 2.63. The topological polar surface area (TPSA) is 127 Å². The summed E-state index contributed by atoms with van der Waals surface area (Å²) >= 11 is 0. The zero-order valence-electron chi connectivity index (χ0n) is 20.2. The lowest BCUT2D eigenvalue weighted by Crippen LogP contribution is -2.19. The Kier molecular flexibility index (Phi) is 6.63. The first-order chi connectivity index (χ1) is 16.7. The molecule has 0 bridgehead atoms. The number of urea groups is 1. The maximum Gasteiger partial charge on any atom is 0.324 e. The molecule has 10 nitrogen and oxygen atoms in total. The number of benzene rings is 1. The number of amides is 2. The highest BCUT2D eigenvalue weighted by Crippen LogP contribution is 2.33. The van der Waals surface area contributed by atoms with Crippen LogP contribution in [0.4, 0.5) is 22.2 Å². The number of pyridine rings is 1. The minimum atomic E-state index is -0.428. The van der Waals surface area contributed by atoms with Crippen molar-refractivity contribution >= 4 is 23.5 Å². The fourth-order valence-electron chi connectivity index (χ4n) is 3.21. The van der Waals surface area contributed by atoms with Crippen LogP contribution in [0, 0.1) is 6.92 Å². The fraction of sp³-hybridized carbons (Fsp3) is 0.240. The van der Waals surface area contributed by atoms with E-state index >= 15 is 0 Å². The van der Waals surface area contributed by atoms with Gasteiger partial charge in [-0.15, -0.1) is 0 Å². The van der Waals surface area contributed by atoms with Gasteiger partial charge in [0.25, 0.3) is 0 Å². The molecule has 0 aliphatic rings. The molecule has 35 heavy (non-hydrogen) atoms. The van der Waals surface area contributed by atoms with E-state index in [1.807, 2.05) is 45.9 Å². The van der Waals surface area contributed by atoms with Gasteiger partial charge in [-0.1, -0.05) is 25.9 Å². The zero-order valence-corrected chi connectivity index (χ0v) is 20.2. The Morgan fingerprint density at radius 3 is 2.57 bits per heavy atom. The summed E-state index contributed by atoms with van der Waals surface area (Å²) in [5.74, 6) is 2.55. The van der Waals surface area contributed by atoms with Crippen molar-refractivity contribution in [2.45, 2.75) is 33.1 Å². The molecule has 0 atom stereocenters. The Bertz CT molecular complexity index is 1340. The molecule has 4 aromatic rings. The summed E-state index contributed by atoms with van der Waals surface area (Å²) in [6.45, 7) is 7.90. The highest BCUT2D eigenvalue weighted by molar-refractivity contribution is 5.99. The zero-order chi connectivity index (χ0) is 25.0. The van der Waals surface area contributed by atoms with Crippen LogP contribution in [0.1, 0.15) is 32.1 Å². The Balaban J connectivity index is 1.46. The van der Waals surface area contributed by atoms with Gasteiger partial charge in [0.15, 0.2) is 5.82 Å².